The normalized spacial score (nSPS) is 24.6. The lowest BCUT2D eigenvalue weighted by molar-refractivity contribution is 0.218. The van der Waals surface area contributed by atoms with Crippen LogP contribution < -0.4 is 5.32 Å². The van der Waals surface area contributed by atoms with Crippen LogP contribution in [0, 0.1) is 0 Å². The zero-order valence-corrected chi connectivity index (χ0v) is 11.9. The molecule has 2 nitrogen and oxygen atoms in total. The van der Waals surface area contributed by atoms with Crippen molar-refractivity contribution in [3.8, 4) is 0 Å². The fraction of sp³-hybridized carbons (Fsp3) is 0.733. The molecule has 1 aromatic heterocycles. The van der Waals surface area contributed by atoms with Crippen molar-refractivity contribution in [2.75, 3.05) is 19.6 Å². The second-order valence-corrected chi connectivity index (χ2v) is 6.53. The summed E-state index contributed by atoms with van der Waals surface area (Å²) in [5, 5.41) is 8.18. The van der Waals surface area contributed by atoms with Gasteiger partial charge in [-0.25, -0.2) is 0 Å². The fourth-order valence-corrected chi connectivity index (χ4v) is 3.64. The fourth-order valence-electron chi connectivity index (χ4n) is 2.93. The first-order valence-corrected chi connectivity index (χ1v) is 8.34. The Morgan fingerprint density at radius 2 is 2.22 bits per heavy atom. The van der Waals surface area contributed by atoms with Gasteiger partial charge in [-0.3, -0.25) is 4.90 Å². The average molecular weight is 264 g/mol. The van der Waals surface area contributed by atoms with Crippen LogP contribution in [0.3, 0.4) is 0 Å². The summed E-state index contributed by atoms with van der Waals surface area (Å²) in [6, 6.07) is 3.92. The summed E-state index contributed by atoms with van der Waals surface area (Å²) in [4.78, 5) is 2.74. The molecule has 1 N–H and O–H groups in total. The molecule has 1 saturated carbocycles. The van der Waals surface area contributed by atoms with Crippen LogP contribution in [0.1, 0.15) is 37.7 Å². The topological polar surface area (TPSA) is 15.3 Å². The molecule has 1 saturated heterocycles. The number of nitrogens with zero attached hydrogens (tertiary/aromatic N) is 1. The van der Waals surface area contributed by atoms with Crippen molar-refractivity contribution in [3.05, 3.63) is 22.4 Å². The minimum absolute atomic E-state index is 0.752. The zero-order chi connectivity index (χ0) is 12.2. The molecule has 2 heterocycles. The highest BCUT2D eigenvalue weighted by molar-refractivity contribution is 7.07. The van der Waals surface area contributed by atoms with E-state index >= 15 is 0 Å². The Kier molecular flexibility index (Phi) is 4.34. The maximum atomic E-state index is 3.69. The van der Waals surface area contributed by atoms with Crippen molar-refractivity contribution in [3.63, 3.8) is 0 Å². The Hall–Kier alpha value is -0.380. The van der Waals surface area contributed by atoms with Gasteiger partial charge in [-0.2, -0.15) is 11.3 Å². The lowest BCUT2D eigenvalue weighted by Gasteiger charge is -2.30. The van der Waals surface area contributed by atoms with Gasteiger partial charge in [-0.1, -0.05) is 6.42 Å². The predicted octanol–water partition coefficient (Wildman–Crippen LogP) is 2.90. The van der Waals surface area contributed by atoms with Crippen LogP contribution in [-0.4, -0.2) is 36.6 Å². The molecule has 18 heavy (non-hydrogen) atoms. The van der Waals surface area contributed by atoms with E-state index in [1.807, 2.05) is 11.3 Å². The van der Waals surface area contributed by atoms with Gasteiger partial charge in [0.15, 0.2) is 0 Å². The molecule has 2 fully saturated rings. The summed E-state index contributed by atoms with van der Waals surface area (Å²) in [7, 11) is 0. The highest BCUT2D eigenvalue weighted by atomic mass is 32.1. The van der Waals surface area contributed by atoms with Gasteiger partial charge < -0.3 is 5.32 Å². The Bertz CT molecular complexity index is 339. The molecule has 0 spiro atoms. The van der Waals surface area contributed by atoms with Gasteiger partial charge in [0.1, 0.15) is 0 Å². The summed E-state index contributed by atoms with van der Waals surface area (Å²) in [5.74, 6) is 0. The van der Waals surface area contributed by atoms with E-state index in [1.54, 1.807) is 0 Å². The molecule has 3 rings (SSSR count). The Labute approximate surface area is 114 Å². The first-order chi connectivity index (χ1) is 8.92. The van der Waals surface area contributed by atoms with Gasteiger partial charge >= 0.3 is 0 Å². The third-order valence-corrected chi connectivity index (χ3v) is 4.93. The van der Waals surface area contributed by atoms with Crippen molar-refractivity contribution in [1.82, 2.24) is 10.2 Å². The molecule has 0 radical (unpaired) electrons. The molecule has 1 aromatic rings. The first kappa shape index (κ1) is 12.6. The number of thiophene rings is 1. The number of rotatable bonds is 6. The maximum absolute atomic E-state index is 3.69. The van der Waals surface area contributed by atoms with Crippen molar-refractivity contribution in [2.24, 2.45) is 0 Å². The molecule has 1 aliphatic heterocycles. The number of hydrogen-bond acceptors (Lipinski definition) is 3. The van der Waals surface area contributed by atoms with Crippen LogP contribution >= 0.6 is 11.3 Å². The summed E-state index contributed by atoms with van der Waals surface area (Å²) < 4.78 is 0. The van der Waals surface area contributed by atoms with E-state index in [0.29, 0.717) is 0 Å². The van der Waals surface area contributed by atoms with Crippen LogP contribution in [0.5, 0.6) is 0 Å². The third kappa shape index (κ3) is 3.56. The van der Waals surface area contributed by atoms with E-state index in [1.165, 1.54) is 63.7 Å². The largest absolute Gasteiger partial charge is 0.313 e. The zero-order valence-electron chi connectivity index (χ0n) is 11.1. The molecule has 0 bridgehead atoms. The predicted molar refractivity (Wildman–Crippen MR) is 78.3 cm³/mol. The van der Waals surface area contributed by atoms with Gasteiger partial charge in [-0.05, 0) is 61.0 Å². The summed E-state index contributed by atoms with van der Waals surface area (Å²) >= 11 is 1.82. The maximum Gasteiger partial charge on any atom is 0.0195 e. The Balaban J connectivity index is 1.48. The standard InChI is InChI=1S/C15H24N2S/c1-2-8-16-14(3-1)11-17(15-4-5-15)9-6-13-7-10-18-12-13/h7,10,12,14-16H,1-6,8-9,11H2. The molecular weight excluding hydrogens is 240 g/mol. The quantitative estimate of drug-likeness (QED) is 0.850. The number of hydrogen-bond donors (Lipinski definition) is 1. The summed E-state index contributed by atoms with van der Waals surface area (Å²) in [6.45, 7) is 3.75. The van der Waals surface area contributed by atoms with Gasteiger partial charge in [0, 0.05) is 25.2 Å². The van der Waals surface area contributed by atoms with Gasteiger partial charge in [0.05, 0.1) is 0 Å². The highest BCUT2D eigenvalue weighted by Gasteiger charge is 2.30. The monoisotopic (exact) mass is 264 g/mol. The average Bonchev–Trinajstić information content (AvgIpc) is 3.12. The lowest BCUT2D eigenvalue weighted by Crippen LogP contribution is -2.45. The molecule has 100 valence electrons. The number of nitrogens with one attached hydrogen (secondary N) is 1. The Morgan fingerprint density at radius 1 is 1.28 bits per heavy atom. The van der Waals surface area contributed by atoms with E-state index in [4.69, 9.17) is 0 Å². The molecular formula is C15H24N2S. The molecule has 1 atom stereocenters. The molecule has 2 aliphatic rings. The van der Waals surface area contributed by atoms with E-state index in [-0.39, 0.29) is 0 Å². The van der Waals surface area contributed by atoms with Crippen molar-refractivity contribution < 1.29 is 0 Å². The molecule has 3 heteroatoms. The number of piperidine rings is 1. The van der Waals surface area contributed by atoms with Crippen LogP contribution in [0.15, 0.2) is 16.8 Å². The van der Waals surface area contributed by atoms with E-state index in [2.05, 4.69) is 27.0 Å². The van der Waals surface area contributed by atoms with Crippen LogP contribution in [0.25, 0.3) is 0 Å². The SMILES string of the molecule is c1cc(CCN(CC2CCCCN2)C2CC2)cs1. The van der Waals surface area contributed by atoms with E-state index in [9.17, 15) is 0 Å². The van der Waals surface area contributed by atoms with Gasteiger partial charge in [-0.15, -0.1) is 0 Å². The summed E-state index contributed by atoms with van der Waals surface area (Å²) in [6.07, 6.45) is 8.25. The molecule has 0 aromatic carbocycles. The van der Waals surface area contributed by atoms with Crippen LogP contribution in [0.2, 0.25) is 0 Å². The summed E-state index contributed by atoms with van der Waals surface area (Å²) in [5.41, 5.74) is 1.52. The molecule has 1 unspecified atom stereocenters. The minimum atomic E-state index is 0.752. The molecule has 0 amide bonds. The second-order valence-electron chi connectivity index (χ2n) is 5.75. The minimum Gasteiger partial charge on any atom is -0.313 e. The second kappa shape index (κ2) is 6.18. The van der Waals surface area contributed by atoms with Crippen molar-refractivity contribution >= 4 is 11.3 Å². The van der Waals surface area contributed by atoms with Crippen molar-refractivity contribution in [1.29, 1.82) is 0 Å². The lowest BCUT2D eigenvalue weighted by atomic mass is 10.0. The van der Waals surface area contributed by atoms with E-state index < -0.39 is 0 Å². The van der Waals surface area contributed by atoms with Gasteiger partial charge in [0.25, 0.3) is 0 Å². The first-order valence-electron chi connectivity index (χ1n) is 7.40. The van der Waals surface area contributed by atoms with Gasteiger partial charge in [0.2, 0.25) is 0 Å². The third-order valence-electron chi connectivity index (χ3n) is 4.20. The Morgan fingerprint density at radius 3 is 2.89 bits per heavy atom. The highest BCUT2D eigenvalue weighted by Crippen LogP contribution is 2.28. The van der Waals surface area contributed by atoms with Crippen LogP contribution in [-0.2, 0) is 6.42 Å². The van der Waals surface area contributed by atoms with Crippen LogP contribution in [0.4, 0.5) is 0 Å². The smallest absolute Gasteiger partial charge is 0.0195 e. The molecule has 1 aliphatic carbocycles. The van der Waals surface area contributed by atoms with Crippen molar-refractivity contribution in [2.45, 2.75) is 50.6 Å². The van der Waals surface area contributed by atoms with E-state index in [0.717, 1.165) is 12.1 Å².